The monoisotopic (exact) mass is 566 g/mol. The second-order valence-corrected chi connectivity index (χ2v) is 12.4. The molecule has 2 amide bonds. The van der Waals surface area contributed by atoms with Crippen molar-refractivity contribution in [3.63, 3.8) is 0 Å². The number of ether oxygens (including phenoxy) is 2. The molecule has 5 aliphatic rings. The Kier molecular flexibility index (Phi) is 8.30. The maximum Gasteiger partial charge on any atom is 0.247 e. The SMILES string of the molecule is CCC=CC(=O)N(CC1CCC2CC1C2(C)C)C1C=C(C(=O)NCCO)C2c3cc(C=O)cc(OC)c3OC2C1O. The average molecular weight is 567 g/mol. The number of amides is 2. The van der Waals surface area contributed by atoms with Crippen molar-refractivity contribution < 1.29 is 34.1 Å². The minimum Gasteiger partial charge on any atom is -0.493 e. The van der Waals surface area contributed by atoms with Crippen molar-refractivity contribution in [3.8, 4) is 11.5 Å². The molecule has 1 heterocycles. The Labute approximate surface area is 241 Å². The normalized spacial score (nSPS) is 30.8. The van der Waals surface area contributed by atoms with Gasteiger partial charge in [-0.25, -0.2) is 0 Å². The van der Waals surface area contributed by atoms with Gasteiger partial charge in [-0.3, -0.25) is 14.4 Å². The third kappa shape index (κ3) is 5.07. The summed E-state index contributed by atoms with van der Waals surface area (Å²) < 4.78 is 11.8. The molecule has 2 bridgehead atoms. The number of hydrogen-bond acceptors (Lipinski definition) is 7. The van der Waals surface area contributed by atoms with Crippen molar-refractivity contribution in [2.24, 2.45) is 23.2 Å². The summed E-state index contributed by atoms with van der Waals surface area (Å²) in [5.41, 5.74) is 1.48. The predicted octanol–water partition coefficient (Wildman–Crippen LogP) is 3.00. The third-order valence-corrected chi connectivity index (χ3v) is 9.98. The summed E-state index contributed by atoms with van der Waals surface area (Å²) in [6.07, 6.45) is 7.73. The number of benzene rings is 1. The molecule has 3 N–H and O–H groups in total. The van der Waals surface area contributed by atoms with Crippen molar-refractivity contribution in [2.75, 3.05) is 26.8 Å². The molecule has 0 aromatic heterocycles. The zero-order valence-corrected chi connectivity index (χ0v) is 24.3. The maximum atomic E-state index is 13.7. The molecule has 222 valence electrons. The molecule has 9 heteroatoms. The molecular formula is C32H42N2O7. The average Bonchev–Trinajstić information content (AvgIpc) is 3.37. The Balaban J connectivity index is 1.56. The van der Waals surface area contributed by atoms with E-state index in [2.05, 4.69) is 19.2 Å². The molecule has 7 atom stereocenters. The highest BCUT2D eigenvalue weighted by Gasteiger charge is 2.56. The number of nitrogens with one attached hydrogen (secondary N) is 1. The van der Waals surface area contributed by atoms with Crippen LogP contribution in [-0.2, 0) is 9.59 Å². The first-order chi connectivity index (χ1) is 19.7. The van der Waals surface area contributed by atoms with E-state index in [0.29, 0.717) is 59.3 Å². The van der Waals surface area contributed by atoms with Crippen LogP contribution in [0, 0.1) is 23.2 Å². The van der Waals surface area contributed by atoms with Crippen molar-refractivity contribution in [2.45, 2.75) is 70.6 Å². The molecule has 1 aromatic carbocycles. The van der Waals surface area contributed by atoms with Crippen molar-refractivity contribution in [1.82, 2.24) is 10.2 Å². The Bertz CT molecular complexity index is 1250. The number of carbonyl (C=O) groups is 3. The highest BCUT2D eigenvalue weighted by atomic mass is 16.5. The fraction of sp³-hybridized carbons (Fsp3) is 0.594. The van der Waals surface area contributed by atoms with Gasteiger partial charge in [0, 0.05) is 29.8 Å². The van der Waals surface area contributed by atoms with Gasteiger partial charge in [0.1, 0.15) is 18.5 Å². The van der Waals surface area contributed by atoms with E-state index >= 15 is 0 Å². The number of fused-ring (bicyclic) bond motifs is 5. The van der Waals surface area contributed by atoms with Crippen LogP contribution in [0.15, 0.2) is 35.9 Å². The highest BCUT2D eigenvalue weighted by molar-refractivity contribution is 5.97. The number of methoxy groups -OCH3 is 1. The van der Waals surface area contributed by atoms with Crippen LogP contribution < -0.4 is 14.8 Å². The van der Waals surface area contributed by atoms with Crippen molar-refractivity contribution in [3.05, 3.63) is 47.1 Å². The van der Waals surface area contributed by atoms with Gasteiger partial charge in [-0.1, -0.05) is 26.8 Å². The number of allylic oxidation sites excluding steroid dienone is 1. The largest absolute Gasteiger partial charge is 0.493 e. The first-order valence-electron chi connectivity index (χ1n) is 14.8. The van der Waals surface area contributed by atoms with Gasteiger partial charge in [-0.15, -0.1) is 0 Å². The molecule has 0 spiro atoms. The van der Waals surface area contributed by atoms with Crippen LogP contribution in [0.3, 0.4) is 0 Å². The molecule has 4 aliphatic carbocycles. The summed E-state index contributed by atoms with van der Waals surface area (Å²) in [4.78, 5) is 40.7. The molecule has 9 nitrogen and oxygen atoms in total. The molecule has 6 rings (SSSR count). The molecule has 0 radical (unpaired) electrons. The zero-order chi connectivity index (χ0) is 29.5. The predicted molar refractivity (Wildman–Crippen MR) is 153 cm³/mol. The van der Waals surface area contributed by atoms with Gasteiger partial charge >= 0.3 is 0 Å². The number of aliphatic hydroxyl groups is 2. The van der Waals surface area contributed by atoms with E-state index in [1.165, 1.54) is 7.11 Å². The standard InChI is InChI=1S/C32H42N2O7/c1-5-6-7-26(37)34(16-19-8-9-20-14-23(19)32(20,2)3)24-15-22(31(39)33-10-11-35)27-21-12-18(17-36)13-25(40-4)29(21)41-30(27)28(24)38/h6-7,12-13,15,17,19-20,23-24,27-28,30,35,38H,5,8-11,14,16H2,1-4H3,(H,33,39). The Morgan fingerprint density at radius 1 is 1.27 bits per heavy atom. The molecule has 0 saturated heterocycles. The fourth-order valence-corrected chi connectivity index (χ4v) is 7.67. The van der Waals surface area contributed by atoms with Gasteiger partial charge in [0.05, 0.1) is 25.7 Å². The Morgan fingerprint density at radius 2 is 2.05 bits per heavy atom. The van der Waals surface area contributed by atoms with E-state index < -0.39 is 30.1 Å². The van der Waals surface area contributed by atoms with Crippen molar-refractivity contribution in [1.29, 1.82) is 0 Å². The summed E-state index contributed by atoms with van der Waals surface area (Å²) in [5, 5.41) is 24.0. The van der Waals surface area contributed by atoms with Crippen LogP contribution >= 0.6 is 0 Å². The van der Waals surface area contributed by atoms with Crippen LogP contribution in [-0.4, -0.2) is 78.3 Å². The summed E-state index contributed by atoms with van der Waals surface area (Å²) in [5.74, 6) is 0.879. The molecule has 7 unspecified atom stereocenters. The van der Waals surface area contributed by atoms with E-state index in [9.17, 15) is 24.6 Å². The Hall–Kier alpha value is -3.17. The lowest BCUT2D eigenvalue weighted by molar-refractivity contribution is -0.142. The molecule has 1 aromatic rings. The van der Waals surface area contributed by atoms with Crippen molar-refractivity contribution >= 4 is 18.1 Å². The molecule has 1 aliphatic heterocycles. The van der Waals surface area contributed by atoms with E-state index in [1.807, 2.05) is 13.0 Å². The number of aldehydes is 1. The first-order valence-corrected chi connectivity index (χ1v) is 14.8. The minimum atomic E-state index is -1.14. The van der Waals surface area contributed by atoms with Gasteiger partial charge in [0.15, 0.2) is 11.5 Å². The van der Waals surface area contributed by atoms with E-state index in [1.54, 1.807) is 29.2 Å². The maximum absolute atomic E-state index is 13.7. The number of aliphatic hydroxyl groups excluding tert-OH is 2. The smallest absolute Gasteiger partial charge is 0.247 e. The lowest BCUT2D eigenvalue weighted by Gasteiger charge is -2.61. The molecule has 3 fully saturated rings. The van der Waals surface area contributed by atoms with Gasteiger partial charge in [0.2, 0.25) is 11.8 Å². The zero-order valence-electron chi connectivity index (χ0n) is 24.3. The quantitative estimate of drug-likeness (QED) is 0.294. The van der Waals surface area contributed by atoms with Gasteiger partial charge in [0.25, 0.3) is 0 Å². The van der Waals surface area contributed by atoms with Crippen LogP contribution in [0.4, 0.5) is 0 Å². The summed E-state index contributed by atoms with van der Waals surface area (Å²) in [7, 11) is 1.47. The second kappa shape index (κ2) is 11.6. The lowest BCUT2D eigenvalue weighted by Crippen LogP contribution is -2.59. The summed E-state index contributed by atoms with van der Waals surface area (Å²) >= 11 is 0. The molecular weight excluding hydrogens is 524 g/mol. The number of rotatable bonds is 10. The molecule has 3 saturated carbocycles. The van der Waals surface area contributed by atoms with E-state index in [4.69, 9.17) is 9.47 Å². The van der Waals surface area contributed by atoms with Crippen LogP contribution in [0.2, 0.25) is 0 Å². The number of hydrogen-bond donors (Lipinski definition) is 3. The highest BCUT2D eigenvalue weighted by Crippen LogP contribution is 2.61. The summed E-state index contributed by atoms with van der Waals surface area (Å²) in [6, 6.07) is 2.40. The summed E-state index contributed by atoms with van der Waals surface area (Å²) in [6.45, 7) is 6.88. The van der Waals surface area contributed by atoms with E-state index in [0.717, 1.165) is 19.3 Å². The van der Waals surface area contributed by atoms with Gasteiger partial charge in [-0.2, -0.15) is 0 Å². The van der Waals surface area contributed by atoms with Crippen LogP contribution in [0.1, 0.15) is 68.3 Å². The van der Waals surface area contributed by atoms with Crippen LogP contribution in [0.5, 0.6) is 11.5 Å². The Morgan fingerprint density at radius 3 is 2.68 bits per heavy atom. The van der Waals surface area contributed by atoms with Gasteiger partial charge in [-0.05, 0) is 73.1 Å². The number of nitrogens with zero attached hydrogens (tertiary/aromatic N) is 1. The van der Waals surface area contributed by atoms with Crippen LogP contribution in [0.25, 0.3) is 0 Å². The third-order valence-electron chi connectivity index (χ3n) is 9.98. The molecule has 41 heavy (non-hydrogen) atoms. The van der Waals surface area contributed by atoms with Gasteiger partial charge < -0.3 is 29.9 Å². The lowest BCUT2D eigenvalue weighted by atomic mass is 9.45. The fourth-order valence-electron chi connectivity index (χ4n) is 7.67. The minimum absolute atomic E-state index is 0.0497. The van der Waals surface area contributed by atoms with E-state index in [-0.39, 0.29) is 30.4 Å². The first kappa shape index (κ1) is 29.3. The second-order valence-electron chi connectivity index (χ2n) is 12.4. The number of carbonyl (C=O) groups excluding carboxylic acids is 3. The topological polar surface area (TPSA) is 125 Å².